The van der Waals surface area contributed by atoms with Gasteiger partial charge in [-0.15, -0.1) is 0 Å². The van der Waals surface area contributed by atoms with E-state index in [0.29, 0.717) is 0 Å². The van der Waals surface area contributed by atoms with Gasteiger partial charge in [0.25, 0.3) is 0 Å². The molecule has 84 valence electrons. The van der Waals surface area contributed by atoms with E-state index in [1.54, 1.807) is 12.6 Å². The molecule has 2 heterocycles. The van der Waals surface area contributed by atoms with Crippen LogP contribution in [0.3, 0.4) is 0 Å². The molecule has 0 aromatic carbocycles. The molecule has 0 aliphatic heterocycles. The average Bonchev–Trinajstić information content (AvgIpc) is 2.82. The van der Waals surface area contributed by atoms with Gasteiger partial charge in [-0.3, -0.25) is 0 Å². The first-order valence-electron chi connectivity index (χ1n) is 5.48. The van der Waals surface area contributed by atoms with Crippen molar-refractivity contribution in [3.8, 4) is 11.5 Å². The zero-order valence-corrected chi connectivity index (χ0v) is 9.53. The van der Waals surface area contributed by atoms with Crippen molar-refractivity contribution in [3.05, 3.63) is 30.3 Å². The molecule has 0 atom stereocenters. The van der Waals surface area contributed by atoms with E-state index in [2.05, 4.69) is 22.2 Å². The van der Waals surface area contributed by atoms with Crippen molar-refractivity contribution < 1.29 is 4.42 Å². The van der Waals surface area contributed by atoms with E-state index in [1.807, 2.05) is 19.1 Å². The molecule has 4 nitrogen and oxygen atoms in total. The summed E-state index contributed by atoms with van der Waals surface area (Å²) in [7, 11) is 0. The first-order chi connectivity index (χ1) is 7.86. The van der Waals surface area contributed by atoms with E-state index in [-0.39, 0.29) is 0 Å². The molecular weight excluding hydrogens is 202 g/mol. The number of rotatable bonds is 4. The second kappa shape index (κ2) is 4.79. The minimum Gasteiger partial charge on any atom is -0.463 e. The molecule has 0 saturated carbocycles. The summed E-state index contributed by atoms with van der Waals surface area (Å²) in [6.07, 6.45) is 4.10. The van der Waals surface area contributed by atoms with Gasteiger partial charge >= 0.3 is 0 Å². The van der Waals surface area contributed by atoms with Crippen LogP contribution in [0.1, 0.15) is 19.4 Å². The Labute approximate surface area is 94.7 Å². The number of aromatic nitrogens is 2. The Balaban J connectivity index is 2.49. The van der Waals surface area contributed by atoms with Crippen molar-refractivity contribution in [2.24, 2.45) is 0 Å². The summed E-state index contributed by atoms with van der Waals surface area (Å²) in [5.74, 6) is 1.69. The molecule has 0 aliphatic carbocycles. The van der Waals surface area contributed by atoms with E-state index in [1.165, 1.54) is 0 Å². The fraction of sp³-hybridized carbons (Fsp3) is 0.333. The quantitative estimate of drug-likeness (QED) is 0.855. The number of hydrogen-bond donors (Lipinski definition) is 1. The number of nitrogens with zero attached hydrogens (tertiary/aromatic N) is 2. The van der Waals surface area contributed by atoms with Gasteiger partial charge in [-0.05, 0) is 25.5 Å². The molecule has 2 aromatic rings. The van der Waals surface area contributed by atoms with Crippen molar-refractivity contribution in [1.82, 2.24) is 9.97 Å². The monoisotopic (exact) mass is 217 g/mol. The third-order valence-electron chi connectivity index (χ3n) is 2.40. The van der Waals surface area contributed by atoms with Crippen LogP contribution in [-0.4, -0.2) is 16.5 Å². The molecule has 0 aliphatic rings. The van der Waals surface area contributed by atoms with Crippen molar-refractivity contribution in [1.29, 1.82) is 0 Å². The summed E-state index contributed by atoms with van der Waals surface area (Å²) in [4.78, 5) is 8.54. The lowest BCUT2D eigenvalue weighted by Crippen LogP contribution is -2.05. The lowest BCUT2D eigenvalue weighted by molar-refractivity contribution is 0.579. The third-order valence-corrected chi connectivity index (χ3v) is 2.40. The number of nitrogens with one attached hydrogen (secondary N) is 1. The predicted molar refractivity (Wildman–Crippen MR) is 63.3 cm³/mol. The number of anilines is 1. The van der Waals surface area contributed by atoms with Gasteiger partial charge in [0, 0.05) is 12.1 Å². The van der Waals surface area contributed by atoms with Crippen LogP contribution in [0.4, 0.5) is 5.82 Å². The Bertz CT molecular complexity index is 451. The fourth-order valence-electron chi connectivity index (χ4n) is 1.69. The van der Waals surface area contributed by atoms with E-state index in [9.17, 15) is 0 Å². The van der Waals surface area contributed by atoms with E-state index in [0.717, 1.165) is 35.8 Å². The second-order valence-electron chi connectivity index (χ2n) is 3.41. The minimum atomic E-state index is 0.790. The van der Waals surface area contributed by atoms with Crippen molar-refractivity contribution in [2.45, 2.75) is 20.3 Å². The lowest BCUT2D eigenvalue weighted by atomic mass is 10.1. The summed E-state index contributed by atoms with van der Waals surface area (Å²) in [5.41, 5.74) is 1.97. The molecule has 2 rings (SSSR count). The molecule has 0 saturated heterocycles. The van der Waals surface area contributed by atoms with Gasteiger partial charge in [0.2, 0.25) is 0 Å². The number of furan rings is 1. The molecule has 0 unspecified atom stereocenters. The van der Waals surface area contributed by atoms with Gasteiger partial charge in [-0.1, -0.05) is 6.92 Å². The molecule has 16 heavy (non-hydrogen) atoms. The predicted octanol–water partition coefficient (Wildman–Crippen LogP) is 2.73. The Hall–Kier alpha value is -1.84. The van der Waals surface area contributed by atoms with Crippen LogP contribution < -0.4 is 5.32 Å². The third kappa shape index (κ3) is 1.91. The van der Waals surface area contributed by atoms with Gasteiger partial charge in [-0.2, -0.15) is 0 Å². The summed E-state index contributed by atoms with van der Waals surface area (Å²) in [5, 5.41) is 3.24. The summed E-state index contributed by atoms with van der Waals surface area (Å²) >= 11 is 0. The highest BCUT2D eigenvalue weighted by atomic mass is 16.3. The van der Waals surface area contributed by atoms with Gasteiger partial charge in [0.1, 0.15) is 17.8 Å². The highest BCUT2D eigenvalue weighted by Gasteiger charge is 2.12. The molecule has 2 aromatic heterocycles. The van der Waals surface area contributed by atoms with Gasteiger partial charge < -0.3 is 9.73 Å². The molecule has 0 radical (unpaired) electrons. The highest BCUT2D eigenvalue weighted by Crippen LogP contribution is 2.26. The maximum atomic E-state index is 5.38. The second-order valence-corrected chi connectivity index (χ2v) is 3.41. The van der Waals surface area contributed by atoms with Crippen LogP contribution in [0.15, 0.2) is 29.1 Å². The topological polar surface area (TPSA) is 51.0 Å². The standard InChI is InChI=1S/C12H15N3O/c1-3-9-11(10-6-5-7-16-10)14-8-15-12(9)13-4-2/h5-8H,3-4H2,1-2H3,(H,13,14,15). The lowest BCUT2D eigenvalue weighted by Gasteiger charge is -2.10. The number of hydrogen-bond acceptors (Lipinski definition) is 4. The Morgan fingerprint density at radius 1 is 1.31 bits per heavy atom. The summed E-state index contributed by atoms with van der Waals surface area (Å²) in [6.45, 7) is 4.99. The van der Waals surface area contributed by atoms with Crippen LogP contribution in [0.25, 0.3) is 11.5 Å². The molecule has 0 amide bonds. The fourth-order valence-corrected chi connectivity index (χ4v) is 1.69. The normalized spacial score (nSPS) is 10.4. The van der Waals surface area contributed by atoms with Crippen LogP contribution in [0, 0.1) is 0 Å². The Morgan fingerprint density at radius 2 is 2.19 bits per heavy atom. The van der Waals surface area contributed by atoms with Gasteiger partial charge in [0.15, 0.2) is 5.76 Å². The van der Waals surface area contributed by atoms with Crippen molar-refractivity contribution >= 4 is 5.82 Å². The van der Waals surface area contributed by atoms with E-state index >= 15 is 0 Å². The molecule has 0 fully saturated rings. The van der Waals surface area contributed by atoms with E-state index in [4.69, 9.17) is 4.42 Å². The van der Waals surface area contributed by atoms with E-state index < -0.39 is 0 Å². The highest BCUT2D eigenvalue weighted by molar-refractivity contribution is 5.64. The minimum absolute atomic E-state index is 0.790. The van der Waals surface area contributed by atoms with Crippen molar-refractivity contribution in [3.63, 3.8) is 0 Å². The molecule has 0 spiro atoms. The average molecular weight is 217 g/mol. The zero-order chi connectivity index (χ0) is 11.4. The molecule has 4 heteroatoms. The molecule has 0 bridgehead atoms. The Kier molecular flexibility index (Phi) is 3.19. The maximum Gasteiger partial charge on any atom is 0.152 e. The SMILES string of the molecule is CCNc1ncnc(-c2ccco2)c1CC. The first-order valence-corrected chi connectivity index (χ1v) is 5.48. The first kappa shape index (κ1) is 10.7. The van der Waals surface area contributed by atoms with Crippen molar-refractivity contribution in [2.75, 3.05) is 11.9 Å². The largest absolute Gasteiger partial charge is 0.463 e. The summed E-state index contributed by atoms with van der Waals surface area (Å²) in [6, 6.07) is 3.78. The van der Waals surface area contributed by atoms with Crippen LogP contribution in [-0.2, 0) is 6.42 Å². The molecular formula is C12H15N3O. The molecule has 1 N–H and O–H groups in total. The maximum absolute atomic E-state index is 5.38. The van der Waals surface area contributed by atoms with Crippen LogP contribution in [0.5, 0.6) is 0 Å². The van der Waals surface area contributed by atoms with Gasteiger partial charge in [0.05, 0.1) is 6.26 Å². The van der Waals surface area contributed by atoms with Crippen LogP contribution in [0.2, 0.25) is 0 Å². The summed E-state index contributed by atoms with van der Waals surface area (Å²) < 4.78 is 5.38. The van der Waals surface area contributed by atoms with Crippen LogP contribution >= 0.6 is 0 Å². The smallest absolute Gasteiger partial charge is 0.152 e. The Morgan fingerprint density at radius 3 is 2.81 bits per heavy atom. The van der Waals surface area contributed by atoms with Gasteiger partial charge in [-0.25, -0.2) is 9.97 Å². The zero-order valence-electron chi connectivity index (χ0n) is 9.53.